The first-order valence-electron chi connectivity index (χ1n) is 12.6. The van der Waals surface area contributed by atoms with Crippen LogP contribution in [0.2, 0.25) is 0 Å². The van der Waals surface area contributed by atoms with Crippen molar-refractivity contribution < 1.29 is 30.0 Å². The average molecular weight is 453 g/mol. The van der Waals surface area contributed by atoms with Crippen LogP contribution in [0.4, 0.5) is 0 Å². The summed E-state index contributed by atoms with van der Waals surface area (Å²) in [6.07, 6.45) is 6.96. The first kappa shape index (κ1) is 27.0. The van der Waals surface area contributed by atoms with Gasteiger partial charge in [-0.3, -0.25) is 9.59 Å². The number of aliphatic hydroxyl groups excluding tert-OH is 4. The van der Waals surface area contributed by atoms with E-state index in [4.69, 9.17) is 0 Å². The molecule has 1 saturated carbocycles. The molecule has 7 unspecified atom stereocenters. The van der Waals surface area contributed by atoms with Crippen LogP contribution in [0, 0.1) is 29.1 Å². The lowest BCUT2D eigenvalue weighted by Gasteiger charge is -2.53. The van der Waals surface area contributed by atoms with E-state index < -0.39 is 41.0 Å². The Hall–Kier alpha value is -1.24. The molecule has 184 valence electrons. The van der Waals surface area contributed by atoms with Crippen LogP contribution < -0.4 is 0 Å². The van der Waals surface area contributed by atoms with Crippen molar-refractivity contribution in [3.63, 3.8) is 0 Å². The quantitative estimate of drug-likeness (QED) is 0.331. The van der Waals surface area contributed by atoms with Gasteiger partial charge in [-0.1, -0.05) is 65.7 Å². The highest BCUT2D eigenvalue weighted by atomic mass is 16.3. The predicted octanol–water partition coefficient (Wildman–Crippen LogP) is 4.11. The van der Waals surface area contributed by atoms with E-state index >= 15 is 0 Å². The third-order valence-corrected chi connectivity index (χ3v) is 8.03. The average Bonchev–Trinajstić information content (AvgIpc) is 2.74. The van der Waals surface area contributed by atoms with E-state index in [2.05, 4.69) is 6.92 Å². The van der Waals surface area contributed by atoms with Crippen molar-refractivity contribution in [2.24, 2.45) is 29.1 Å². The highest BCUT2D eigenvalue weighted by molar-refractivity contribution is 6.02. The monoisotopic (exact) mass is 452 g/mol. The van der Waals surface area contributed by atoms with Gasteiger partial charge in [-0.05, 0) is 37.2 Å². The number of ketones is 2. The summed E-state index contributed by atoms with van der Waals surface area (Å²) in [5.41, 5.74) is -0.916. The van der Waals surface area contributed by atoms with Crippen LogP contribution in [0.1, 0.15) is 91.9 Å². The first-order chi connectivity index (χ1) is 15.1. The molecule has 0 bridgehead atoms. The molecule has 6 heteroatoms. The molecule has 0 aromatic carbocycles. The highest BCUT2D eigenvalue weighted by Gasteiger charge is 2.61. The minimum atomic E-state index is -1.30. The molecule has 6 nitrogen and oxygen atoms in total. The molecular formula is C26H44O6. The van der Waals surface area contributed by atoms with Crippen molar-refractivity contribution in [3.05, 3.63) is 11.3 Å². The zero-order valence-electron chi connectivity index (χ0n) is 20.3. The second-order valence-electron chi connectivity index (χ2n) is 10.4. The van der Waals surface area contributed by atoms with E-state index in [0.29, 0.717) is 5.57 Å². The minimum Gasteiger partial charge on any atom is -0.504 e. The zero-order valence-corrected chi connectivity index (χ0v) is 20.3. The molecule has 0 aliphatic heterocycles. The number of carbonyl (C=O) groups excluding carboxylic acids is 2. The van der Waals surface area contributed by atoms with Gasteiger partial charge in [-0.15, -0.1) is 0 Å². The van der Waals surface area contributed by atoms with Crippen molar-refractivity contribution >= 4 is 11.6 Å². The lowest BCUT2D eigenvalue weighted by atomic mass is 9.50. The van der Waals surface area contributed by atoms with Gasteiger partial charge in [-0.2, -0.15) is 0 Å². The van der Waals surface area contributed by atoms with Crippen LogP contribution in [0.5, 0.6) is 0 Å². The van der Waals surface area contributed by atoms with Gasteiger partial charge in [0.1, 0.15) is 5.78 Å². The highest BCUT2D eigenvalue weighted by Crippen LogP contribution is 2.55. The standard InChI is InChI=1S/C26H44O6/c1-5-6-7-8-9-10-11-12-16(2)21-25(32)24(31)20-22(18(28)15-17(3)23(20)30)26(21,4)19(29)13-14-27/h16-18,20,22-23,27-28,30,32H,5-15H2,1-4H3. The number of Topliss-reactive ketones (excluding diaryl/α,β-unsaturated/α-hetero) is 2. The summed E-state index contributed by atoms with van der Waals surface area (Å²) >= 11 is 0. The summed E-state index contributed by atoms with van der Waals surface area (Å²) in [6, 6.07) is 0. The van der Waals surface area contributed by atoms with E-state index in [0.717, 1.165) is 25.7 Å². The molecule has 0 amide bonds. The van der Waals surface area contributed by atoms with Crippen LogP contribution in [0.25, 0.3) is 0 Å². The van der Waals surface area contributed by atoms with Gasteiger partial charge < -0.3 is 20.4 Å². The summed E-state index contributed by atoms with van der Waals surface area (Å²) in [7, 11) is 0. The number of hydrogen-bond donors (Lipinski definition) is 4. The third-order valence-electron chi connectivity index (χ3n) is 8.03. The zero-order chi connectivity index (χ0) is 24.1. The molecule has 0 radical (unpaired) electrons. The molecule has 0 aromatic heterocycles. The number of allylic oxidation sites excluding steroid dienone is 2. The van der Waals surface area contributed by atoms with Crippen molar-refractivity contribution in [1.82, 2.24) is 0 Å². The maximum absolute atomic E-state index is 13.3. The largest absolute Gasteiger partial charge is 0.504 e. The summed E-state index contributed by atoms with van der Waals surface area (Å²) in [5, 5.41) is 42.2. The summed E-state index contributed by atoms with van der Waals surface area (Å²) < 4.78 is 0. The summed E-state index contributed by atoms with van der Waals surface area (Å²) in [6.45, 7) is 7.23. The molecule has 0 aromatic rings. The van der Waals surface area contributed by atoms with Gasteiger partial charge in [0.15, 0.2) is 5.76 Å². The van der Waals surface area contributed by atoms with Crippen molar-refractivity contribution in [1.29, 1.82) is 0 Å². The Balaban J connectivity index is 2.32. The topological polar surface area (TPSA) is 115 Å². The van der Waals surface area contributed by atoms with Gasteiger partial charge in [0, 0.05) is 18.9 Å². The Labute approximate surface area is 193 Å². The molecule has 32 heavy (non-hydrogen) atoms. The van der Waals surface area contributed by atoms with Crippen LogP contribution >= 0.6 is 0 Å². The lowest BCUT2D eigenvalue weighted by molar-refractivity contribution is -0.161. The second kappa shape index (κ2) is 11.8. The van der Waals surface area contributed by atoms with E-state index in [1.807, 2.05) is 6.92 Å². The number of unbranched alkanes of at least 4 members (excludes halogenated alkanes) is 6. The first-order valence-corrected chi connectivity index (χ1v) is 12.6. The Morgan fingerprint density at radius 1 is 1.12 bits per heavy atom. The normalized spacial score (nSPS) is 33.8. The third kappa shape index (κ3) is 5.28. The van der Waals surface area contributed by atoms with Crippen molar-refractivity contribution in [2.75, 3.05) is 6.61 Å². The second-order valence-corrected chi connectivity index (χ2v) is 10.4. The molecular weight excluding hydrogens is 408 g/mol. The van der Waals surface area contributed by atoms with Crippen LogP contribution in [-0.2, 0) is 9.59 Å². The predicted molar refractivity (Wildman–Crippen MR) is 124 cm³/mol. The number of hydrogen-bond acceptors (Lipinski definition) is 6. The number of rotatable bonds is 12. The Bertz CT molecular complexity index is 686. The Morgan fingerprint density at radius 2 is 1.72 bits per heavy atom. The van der Waals surface area contributed by atoms with E-state index in [9.17, 15) is 30.0 Å². The van der Waals surface area contributed by atoms with Crippen LogP contribution in [-0.4, -0.2) is 50.8 Å². The Kier molecular flexibility index (Phi) is 9.92. The molecule has 4 N–H and O–H groups in total. The molecule has 1 fully saturated rings. The molecule has 2 aliphatic rings. The SMILES string of the molecule is CCCCCCCCCC(C)C1=C(O)C(=O)C2C(O)C(C)CC(O)C2C1(C)C(=O)CCO. The van der Waals surface area contributed by atoms with Crippen molar-refractivity contribution in [2.45, 2.75) is 104 Å². The maximum Gasteiger partial charge on any atom is 0.203 e. The van der Waals surface area contributed by atoms with Gasteiger partial charge in [0.25, 0.3) is 0 Å². The Morgan fingerprint density at radius 3 is 2.31 bits per heavy atom. The molecule has 2 aliphatic carbocycles. The van der Waals surface area contributed by atoms with Gasteiger partial charge in [0.05, 0.1) is 23.5 Å². The van der Waals surface area contributed by atoms with Crippen molar-refractivity contribution in [3.8, 4) is 0 Å². The van der Waals surface area contributed by atoms with Gasteiger partial charge >= 0.3 is 0 Å². The molecule has 7 atom stereocenters. The molecule has 0 heterocycles. The van der Waals surface area contributed by atoms with Crippen LogP contribution in [0.15, 0.2) is 11.3 Å². The van der Waals surface area contributed by atoms with E-state index in [1.165, 1.54) is 25.7 Å². The number of fused-ring (bicyclic) bond motifs is 1. The lowest BCUT2D eigenvalue weighted by Crippen LogP contribution is -2.61. The summed E-state index contributed by atoms with van der Waals surface area (Å²) in [5.74, 6) is -3.63. The molecule has 0 saturated heterocycles. The smallest absolute Gasteiger partial charge is 0.203 e. The minimum absolute atomic E-state index is 0.118. The van der Waals surface area contributed by atoms with E-state index in [1.54, 1.807) is 13.8 Å². The molecule has 2 rings (SSSR count). The maximum atomic E-state index is 13.3. The van der Waals surface area contributed by atoms with Gasteiger partial charge in [0.2, 0.25) is 5.78 Å². The fourth-order valence-electron chi connectivity index (χ4n) is 6.25. The fourth-order valence-corrected chi connectivity index (χ4v) is 6.25. The van der Waals surface area contributed by atoms with E-state index in [-0.39, 0.29) is 37.1 Å². The fraction of sp³-hybridized carbons (Fsp3) is 0.846. The number of aliphatic hydroxyl groups is 4. The number of carbonyl (C=O) groups is 2. The molecule has 0 spiro atoms. The summed E-state index contributed by atoms with van der Waals surface area (Å²) in [4.78, 5) is 26.5. The van der Waals surface area contributed by atoms with Gasteiger partial charge in [-0.25, -0.2) is 0 Å². The van der Waals surface area contributed by atoms with Crippen LogP contribution in [0.3, 0.4) is 0 Å².